The van der Waals surface area contributed by atoms with Gasteiger partial charge in [0.25, 0.3) is 12.0 Å². The van der Waals surface area contributed by atoms with Crippen LogP contribution in [0.5, 0.6) is 11.5 Å². The van der Waals surface area contributed by atoms with Gasteiger partial charge >= 0.3 is 0 Å². The molecule has 0 amide bonds. The van der Waals surface area contributed by atoms with Gasteiger partial charge < -0.3 is 35.4 Å². The lowest BCUT2D eigenvalue weighted by atomic mass is 10.1. The van der Waals surface area contributed by atoms with Crippen molar-refractivity contribution in [2.45, 2.75) is 6.54 Å². The lowest BCUT2D eigenvalue weighted by molar-refractivity contribution is -0.122. The summed E-state index contributed by atoms with van der Waals surface area (Å²) in [5, 5.41) is 6.89. The quantitative estimate of drug-likeness (QED) is 0.144. The second kappa shape index (κ2) is 13.0. The first kappa shape index (κ1) is 24.7. The van der Waals surface area contributed by atoms with Crippen LogP contribution < -0.4 is 26.5 Å². The highest BCUT2D eigenvalue weighted by atomic mass is 32.1. The van der Waals surface area contributed by atoms with Crippen LogP contribution >= 0.6 is 12.2 Å². The van der Waals surface area contributed by atoms with Crippen molar-refractivity contribution in [3.05, 3.63) is 39.4 Å². The number of hydrogen-bond acceptors (Lipinski definition) is 7. The van der Waals surface area contributed by atoms with E-state index in [0.717, 1.165) is 5.56 Å². The molecule has 0 saturated carbocycles. The van der Waals surface area contributed by atoms with Crippen molar-refractivity contribution in [1.29, 1.82) is 0 Å². The smallest absolute Gasteiger partial charge is 0.290 e. The maximum Gasteiger partial charge on any atom is 0.290 e. The van der Waals surface area contributed by atoms with E-state index in [1.165, 1.54) is 6.07 Å². The molecular weight excluding hydrogens is 414 g/mol. The second-order valence-electron chi connectivity index (χ2n) is 5.57. The van der Waals surface area contributed by atoms with Crippen molar-refractivity contribution in [3.63, 3.8) is 0 Å². The van der Waals surface area contributed by atoms with Crippen LogP contribution in [0.4, 0.5) is 0 Å². The van der Waals surface area contributed by atoms with Crippen LogP contribution in [0.25, 0.3) is 11.3 Å². The molecular formula is C18H25N5O6S. The SMILES string of the molecule is COc1ccc(-c2cc(=O)[nH]c(=S)n2CCOCCN=C(N)N)c(OC)c1.O=CO. The van der Waals surface area contributed by atoms with Crippen LogP contribution in [0.15, 0.2) is 34.1 Å². The van der Waals surface area contributed by atoms with E-state index in [9.17, 15) is 4.79 Å². The molecule has 0 aliphatic heterocycles. The number of nitrogens with zero attached hydrogens (tertiary/aromatic N) is 2. The first-order chi connectivity index (χ1) is 14.4. The van der Waals surface area contributed by atoms with Crippen LogP contribution in [0.1, 0.15) is 0 Å². The number of aliphatic imine (C=N–C) groups is 1. The van der Waals surface area contributed by atoms with E-state index in [0.29, 0.717) is 48.3 Å². The molecule has 0 spiro atoms. The summed E-state index contributed by atoms with van der Waals surface area (Å²) in [5.74, 6) is 1.24. The summed E-state index contributed by atoms with van der Waals surface area (Å²) >= 11 is 5.32. The molecule has 12 heteroatoms. The highest BCUT2D eigenvalue weighted by Crippen LogP contribution is 2.32. The number of ether oxygens (including phenoxy) is 3. The number of H-pyrrole nitrogens is 1. The monoisotopic (exact) mass is 439 g/mol. The maximum atomic E-state index is 12.0. The molecule has 1 aromatic heterocycles. The molecule has 0 aliphatic rings. The molecule has 1 heterocycles. The number of nitrogens with two attached hydrogens (primary N) is 2. The second-order valence-corrected chi connectivity index (χ2v) is 5.95. The van der Waals surface area contributed by atoms with Gasteiger partial charge in [0, 0.05) is 24.2 Å². The molecule has 164 valence electrons. The summed E-state index contributed by atoms with van der Waals surface area (Å²) in [4.78, 5) is 26.8. The van der Waals surface area contributed by atoms with Gasteiger partial charge in [0.05, 0.1) is 39.7 Å². The molecule has 0 saturated heterocycles. The molecule has 0 bridgehead atoms. The minimum Gasteiger partial charge on any atom is -0.497 e. The normalized spacial score (nSPS) is 9.80. The highest BCUT2D eigenvalue weighted by Gasteiger charge is 2.13. The Labute approximate surface area is 177 Å². The molecule has 2 aromatic rings. The number of nitrogens with one attached hydrogen (secondary N) is 1. The van der Waals surface area contributed by atoms with E-state index >= 15 is 0 Å². The van der Waals surface area contributed by atoms with Crippen molar-refractivity contribution < 1.29 is 24.1 Å². The van der Waals surface area contributed by atoms with Crippen molar-refractivity contribution in [1.82, 2.24) is 9.55 Å². The van der Waals surface area contributed by atoms with Gasteiger partial charge in [-0.2, -0.15) is 0 Å². The van der Waals surface area contributed by atoms with Crippen LogP contribution in [0, 0.1) is 4.77 Å². The molecule has 0 fully saturated rings. The molecule has 0 aliphatic carbocycles. The van der Waals surface area contributed by atoms with Crippen LogP contribution in [0.3, 0.4) is 0 Å². The standard InChI is InChI=1S/C17H23N5O4S.CH2O2/c1-24-11-3-4-12(14(9-11)25-2)13-10-15(23)21-17(27)22(13)6-8-26-7-5-20-16(18)19;2-1-3/h3-4,9-10H,5-8H2,1-2H3,(H4,18,19,20)(H,21,23,27);1H,(H,2,3). The Morgan fingerprint density at radius 2 is 1.97 bits per heavy atom. The lowest BCUT2D eigenvalue weighted by Gasteiger charge is -2.16. The first-order valence-corrected chi connectivity index (χ1v) is 9.06. The van der Waals surface area contributed by atoms with Gasteiger partial charge in [-0.05, 0) is 24.4 Å². The molecule has 0 radical (unpaired) electrons. The number of aromatic amines is 1. The highest BCUT2D eigenvalue weighted by molar-refractivity contribution is 7.71. The Kier molecular flexibility index (Phi) is 10.6. The topological polar surface area (TPSA) is 167 Å². The van der Waals surface area contributed by atoms with E-state index in [1.807, 2.05) is 6.07 Å². The molecule has 0 unspecified atom stereocenters. The summed E-state index contributed by atoms with van der Waals surface area (Å²) in [6, 6.07) is 6.82. The number of hydrogen-bond donors (Lipinski definition) is 4. The molecule has 2 rings (SSSR count). The Morgan fingerprint density at radius 3 is 2.57 bits per heavy atom. The van der Waals surface area contributed by atoms with Gasteiger partial charge in [-0.1, -0.05) is 0 Å². The number of carboxylic acid groups (broad SMARTS) is 1. The minimum absolute atomic E-state index is 0.0235. The van der Waals surface area contributed by atoms with Crippen LogP contribution in [0.2, 0.25) is 0 Å². The Balaban J connectivity index is 0.00000141. The number of methoxy groups -OCH3 is 2. The van der Waals surface area contributed by atoms with Crippen LogP contribution in [-0.2, 0) is 16.1 Å². The van der Waals surface area contributed by atoms with Crippen molar-refractivity contribution in [2.24, 2.45) is 16.5 Å². The molecule has 1 aromatic carbocycles. The van der Waals surface area contributed by atoms with Gasteiger partial charge in [0.1, 0.15) is 11.5 Å². The summed E-state index contributed by atoms with van der Waals surface area (Å²) in [6.45, 7) is 1.29. The Bertz CT molecular complexity index is 968. The average Bonchev–Trinajstić information content (AvgIpc) is 2.71. The zero-order valence-corrected chi connectivity index (χ0v) is 17.5. The van der Waals surface area contributed by atoms with Crippen LogP contribution in [-0.4, -0.2) is 61.1 Å². The zero-order chi connectivity index (χ0) is 22.5. The summed E-state index contributed by atoms with van der Waals surface area (Å²) in [7, 11) is 3.13. The van der Waals surface area contributed by atoms with Gasteiger partial charge in [0.2, 0.25) is 0 Å². The van der Waals surface area contributed by atoms with E-state index in [-0.39, 0.29) is 18.0 Å². The van der Waals surface area contributed by atoms with Crippen molar-refractivity contribution >= 4 is 24.6 Å². The minimum atomic E-state index is -0.294. The molecule has 11 nitrogen and oxygen atoms in total. The number of aromatic nitrogens is 2. The predicted molar refractivity (Wildman–Crippen MR) is 115 cm³/mol. The Morgan fingerprint density at radius 1 is 1.27 bits per heavy atom. The number of rotatable bonds is 9. The molecule has 6 N–H and O–H groups in total. The summed E-state index contributed by atoms with van der Waals surface area (Å²) in [6.07, 6.45) is 0. The van der Waals surface area contributed by atoms with E-state index < -0.39 is 0 Å². The predicted octanol–water partition coefficient (Wildman–Crippen LogP) is 0.581. The van der Waals surface area contributed by atoms with Gasteiger partial charge in [-0.3, -0.25) is 19.6 Å². The lowest BCUT2D eigenvalue weighted by Crippen LogP contribution is -2.23. The third-order valence-corrected chi connectivity index (χ3v) is 4.03. The molecule has 30 heavy (non-hydrogen) atoms. The third-order valence-electron chi connectivity index (χ3n) is 3.71. The van der Waals surface area contributed by atoms with Gasteiger partial charge in [0.15, 0.2) is 10.7 Å². The maximum absolute atomic E-state index is 12.0. The molecule has 0 atom stereocenters. The van der Waals surface area contributed by atoms with Gasteiger partial charge in [-0.15, -0.1) is 0 Å². The number of benzene rings is 1. The fourth-order valence-electron chi connectivity index (χ4n) is 2.47. The third kappa shape index (κ3) is 7.56. The van der Waals surface area contributed by atoms with E-state index in [2.05, 4.69) is 9.98 Å². The Hall–Kier alpha value is -3.38. The number of guanidine groups is 1. The fourth-order valence-corrected chi connectivity index (χ4v) is 2.76. The van der Waals surface area contributed by atoms with E-state index in [4.69, 9.17) is 47.8 Å². The number of carbonyl (C=O) groups is 1. The van der Waals surface area contributed by atoms with Crippen molar-refractivity contribution in [2.75, 3.05) is 34.0 Å². The summed E-state index contributed by atoms with van der Waals surface area (Å²) < 4.78 is 18.3. The van der Waals surface area contributed by atoms with E-state index in [1.54, 1.807) is 30.9 Å². The fraction of sp³-hybridized carbons (Fsp3) is 0.333. The average molecular weight is 439 g/mol. The first-order valence-electron chi connectivity index (χ1n) is 8.65. The van der Waals surface area contributed by atoms with Gasteiger partial charge in [-0.25, -0.2) is 0 Å². The van der Waals surface area contributed by atoms with Crippen molar-refractivity contribution in [3.8, 4) is 22.8 Å². The zero-order valence-electron chi connectivity index (χ0n) is 16.7. The summed E-state index contributed by atoms with van der Waals surface area (Å²) in [5.41, 5.74) is 11.6. The largest absolute Gasteiger partial charge is 0.497 e.